The second-order valence-electron chi connectivity index (χ2n) is 11.4. The van der Waals surface area contributed by atoms with E-state index in [2.05, 4.69) is 130 Å². The minimum absolute atomic E-state index is 0.635. The van der Waals surface area contributed by atoms with Gasteiger partial charge in [0.15, 0.2) is 0 Å². The smallest absolute Gasteiger partial charge is 0.0462 e. The summed E-state index contributed by atoms with van der Waals surface area (Å²) < 4.78 is 0. The Kier molecular flexibility index (Phi) is 10.8. The van der Waals surface area contributed by atoms with Crippen LogP contribution < -0.4 is 4.90 Å². The van der Waals surface area contributed by atoms with Crippen LogP contribution in [0.25, 0.3) is 11.1 Å². The fourth-order valence-electron chi connectivity index (χ4n) is 5.44. The van der Waals surface area contributed by atoms with Gasteiger partial charge in [0.1, 0.15) is 0 Å². The molecule has 0 aromatic heterocycles. The van der Waals surface area contributed by atoms with Crippen LogP contribution in [0.1, 0.15) is 82.9 Å². The van der Waals surface area contributed by atoms with Gasteiger partial charge in [-0.2, -0.15) is 0 Å². The number of unbranched alkanes of at least 4 members (excludes halogenated alkanes) is 4. The largest absolute Gasteiger partial charge is 0.311 e. The zero-order chi connectivity index (χ0) is 27.5. The Bertz CT molecular complexity index is 1200. The van der Waals surface area contributed by atoms with E-state index in [0.29, 0.717) is 5.92 Å². The second-order valence-corrected chi connectivity index (χ2v) is 11.4. The van der Waals surface area contributed by atoms with E-state index in [1.54, 1.807) is 0 Å². The van der Waals surface area contributed by atoms with Gasteiger partial charge in [0.05, 0.1) is 0 Å². The van der Waals surface area contributed by atoms with Crippen LogP contribution in [0.4, 0.5) is 17.1 Å². The van der Waals surface area contributed by atoms with Gasteiger partial charge in [-0.1, -0.05) is 114 Å². The van der Waals surface area contributed by atoms with Gasteiger partial charge < -0.3 is 4.90 Å². The number of benzene rings is 4. The van der Waals surface area contributed by atoms with E-state index < -0.39 is 0 Å². The molecule has 39 heavy (non-hydrogen) atoms. The van der Waals surface area contributed by atoms with E-state index in [1.807, 2.05) is 0 Å². The third kappa shape index (κ3) is 8.09. The van der Waals surface area contributed by atoms with Crippen LogP contribution >= 0.6 is 0 Å². The molecule has 0 saturated carbocycles. The van der Waals surface area contributed by atoms with Crippen molar-refractivity contribution in [3.63, 3.8) is 0 Å². The second kappa shape index (κ2) is 14.7. The predicted octanol–water partition coefficient (Wildman–Crippen LogP) is 11.5. The molecule has 0 fully saturated rings. The topological polar surface area (TPSA) is 3.24 Å². The fraction of sp³-hybridized carbons (Fsp3) is 0.368. The highest BCUT2D eigenvalue weighted by Crippen LogP contribution is 2.36. The van der Waals surface area contributed by atoms with Gasteiger partial charge in [0, 0.05) is 17.1 Å². The van der Waals surface area contributed by atoms with Crippen molar-refractivity contribution in [1.82, 2.24) is 0 Å². The molecule has 0 aliphatic carbocycles. The SMILES string of the molecule is CCCCCc1ccc(N(c2ccc(CCCCC)cc2)c2ccc(-c3ccccc3CC(C)C)cc2)cc1. The molecule has 0 spiro atoms. The van der Waals surface area contributed by atoms with Crippen LogP contribution in [0.2, 0.25) is 0 Å². The summed E-state index contributed by atoms with van der Waals surface area (Å²) >= 11 is 0. The number of nitrogens with zero attached hydrogens (tertiary/aromatic N) is 1. The van der Waals surface area contributed by atoms with Crippen molar-refractivity contribution in [3.05, 3.63) is 114 Å². The summed E-state index contributed by atoms with van der Waals surface area (Å²) in [6, 6.07) is 36.4. The Balaban J connectivity index is 1.64. The molecular weight excluding hydrogens is 470 g/mol. The van der Waals surface area contributed by atoms with Gasteiger partial charge in [-0.05, 0) is 102 Å². The molecule has 204 valence electrons. The molecule has 0 amide bonds. The number of rotatable bonds is 14. The van der Waals surface area contributed by atoms with E-state index in [9.17, 15) is 0 Å². The molecular formula is C38H47N. The van der Waals surface area contributed by atoms with Crippen LogP contribution in [0.3, 0.4) is 0 Å². The number of hydrogen-bond donors (Lipinski definition) is 0. The highest BCUT2D eigenvalue weighted by molar-refractivity contribution is 5.79. The first-order valence-corrected chi connectivity index (χ1v) is 15.3. The zero-order valence-corrected chi connectivity index (χ0v) is 24.6. The lowest BCUT2D eigenvalue weighted by Gasteiger charge is -2.26. The maximum atomic E-state index is 2.40. The molecule has 0 bridgehead atoms. The highest BCUT2D eigenvalue weighted by atomic mass is 15.1. The van der Waals surface area contributed by atoms with E-state index in [4.69, 9.17) is 0 Å². The first-order chi connectivity index (χ1) is 19.1. The van der Waals surface area contributed by atoms with Gasteiger partial charge in [-0.25, -0.2) is 0 Å². The lowest BCUT2D eigenvalue weighted by Crippen LogP contribution is -2.10. The van der Waals surface area contributed by atoms with Crippen molar-refractivity contribution in [1.29, 1.82) is 0 Å². The van der Waals surface area contributed by atoms with Gasteiger partial charge in [0.25, 0.3) is 0 Å². The van der Waals surface area contributed by atoms with Crippen molar-refractivity contribution in [2.75, 3.05) is 4.90 Å². The van der Waals surface area contributed by atoms with Crippen LogP contribution in [0.15, 0.2) is 97.1 Å². The monoisotopic (exact) mass is 517 g/mol. The first kappa shape index (κ1) is 28.7. The Morgan fingerprint density at radius 3 is 1.46 bits per heavy atom. The van der Waals surface area contributed by atoms with Crippen molar-refractivity contribution >= 4 is 17.1 Å². The van der Waals surface area contributed by atoms with Crippen LogP contribution in [0, 0.1) is 5.92 Å². The summed E-state index contributed by atoms with van der Waals surface area (Å²) in [5.41, 5.74) is 10.5. The average Bonchev–Trinajstić information content (AvgIpc) is 2.96. The molecule has 0 atom stereocenters. The fourth-order valence-corrected chi connectivity index (χ4v) is 5.44. The summed E-state index contributed by atoms with van der Waals surface area (Å²) in [5, 5.41) is 0. The molecule has 4 aromatic rings. The Labute approximate surface area is 237 Å². The van der Waals surface area contributed by atoms with Crippen LogP contribution in [0.5, 0.6) is 0 Å². The number of aryl methyl sites for hydroxylation is 2. The quantitative estimate of drug-likeness (QED) is 0.150. The van der Waals surface area contributed by atoms with Gasteiger partial charge in [-0.15, -0.1) is 0 Å². The van der Waals surface area contributed by atoms with Gasteiger partial charge in [-0.3, -0.25) is 0 Å². The lowest BCUT2D eigenvalue weighted by molar-refractivity contribution is 0.648. The standard InChI is InChI=1S/C38H47N/c1-5-7-9-13-31-17-23-35(24-18-31)39(36-25-19-32(20-26-36)14-10-8-6-2)37-27-21-33(22-28-37)38-16-12-11-15-34(38)29-30(3)4/h11-12,15-28,30H,5-10,13-14,29H2,1-4H3. The molecule has 1 heteroatoms. The Hall–Kier alpha value is -3.32. The van der Waals surface area contributed by atoms with Gasteiger partial charge >= 0.3 is 0 Å². The maximum Gasteiger partial charge on any atom is 0.0462 e. The van der Waals surface area contributed by atoms with Crippen LogP contribution in [-0.2, 0) is 19.3 Å². The molecule has 0 aliphatic heterocycles. The van der Waals surface area contributed by atoms with E-state index in [0.717, 1.165) is 19.3 Å². The normalized spacial score (nSPS) is 11.2. The van der Waals surface area contributed by atoms with Crippen molar-refractivity contribution in [3.8, 4) is 11.1 Å². The van der Waals surface area contributed by atoms with Gasteiger partial charge in [0.2, 0.25) is 0 Å². The summed E-state index contributed by atoms with van der Waals surface area (Å²) in [4.78, 5) is 2.40. The molecule has 0 heterocycles. The molecule has 0 radical (unpaired) electrons. The number of anilines is 3. The summed E-state index contributed by atoms with van der Waals surface area (Å²) in [6.45, 7) is 9.12. The average molecular weight is 518 g/mol. The maximum absolute atomic E-state index is 2.40. The van der Waals surface area contributed by atoms with E-state index in [1.165, 1.54) is 83.4 Å². The third-order valence-corrected chi connectivity index (χ3v) is 7.61. The molecule has 0 saturated heterocycles. The summed E-state index contributed by atoms with van der Waals surface area (Å²) in [6.07, 6.45) is 11.1. The number of hydrogen-bond acceptors (Lipinski definition) is 1. The summed E-state index contributed by atoms with van der Waals surface area (Å²) in [7, 11) is 0. The van der Waals surface area contributed by atoms with Crippen molar-refractivity contribution in [2.24, 2.45) is 5.92 Å². The third-order valence-electron chi connectivity index (χ3n) is 7.61. The Morgan fingerprint density at radius 2 is 1.00 bits per heavy atom. The summed E-state index contributed by atoms with van der Waals surface area (Å²) in [5.74, 6) is 0.635. The predicted molar refractivity (Wildman–Crippen MR) is 172 cm³/mol. The van der Waals surface area contributed by atoms with Crippen molar-refractivity contribution in [2.45, 2.75) is 85.5 Å². The van der Waals surface area contributed by atoms with E-state index >= 15 is 0 Å². The van der Waals surface area contributed by atoms with E-state index in [-0.39, 0.29) is 0 Å². The highest BCUT2D eigenvalue weighted by Gasteiger charge is 2.14. The van der Waals surface area contributed by atoms with Crippen LogP contribution in [-0.4, -0.2) is 0 Å². The Morgan fingerprint density at radius 1 is 0.538 bits per heavy atom. The van der Waals surface area contributed by atoms with Crippen molar-refractivity contribution < 1.29 is 0 Å². The zero-order valence-electron chi connectivity index (χ0n) is 24.6. The minimum Gasteiger partial charge on any atom is -0.311 e. The molecule has 0 aliphatic rings. The lowest BCUT2D eigenvalue weighted by atomic mass is 9.93. The molecule has 4 aromatic carbocycles. The first-order valence-electron chi connectivity index (χ1n) is 15.3. The molecule has 0 unspecified atom stereocenters. The minimum atomic E-state index is 0.635. The molecule has 4 rings (SSSR count). The molecule has 1 nitrogen and oxygen atoms in total. The molecule has 0 N–H and O–H groups in total.